The summed E-state index contributed by atoms with van der Waals surface area (Å²) in [5.41, 5.74) is 0. The van der Waals surface area contributed by atoms with Gasteiger partial charge in [-0.1, -0.05) is 145 Å². The van der Waals surface area contributed by atoms with E-state index in [0.717, 1.165) is 0 Å². The second-order valence-electron chi connectivity index (χ2n) is 9.90. The van der Waals surface area contributed by atoms with Crippen molar-refractivity contribution < 1.29 is 0 Å². The number of fused-ring (bicyclic) bond motifs is 3. The fraction of sp³-hybridized carbons (Fsp3) is 0. The molecule has 0 atom stereocenters. The van der Waals surface area contributed by atoms with Crippen LogP contribution in [0.1, 0.15) is 0 Å². The summed E-state index contributed by atoms with van der Waals surface area (Å²) in [5, 5.41) is 17.8. The molecule has 0 saturated carbocycles. The van der Waals surface area contributed by atoms with Crippen molar-refractivity contribution in [1.82, 2.24) is 0 Å². The van der Waals surface area contributed by atoms with Crippen molar-refractivity contribution in [3.8, 4) is 0 Å². The van der Waals surface area contributed by atoms with E-state index in [9.17, 15) is 0 Å². The van der Waals surface area contributed by atoms with Gasteiger partial charge in [0.1, 0.15) is 0 Å². The highest BCUT2D eigenvalue weighted by molar-refractivity contribution is 6.98. The molecule has 8 rings (SSSR count). The van der Waals surface area contributed by atoms with Crippen LogP contribution in [-0.4, -0.2) is 8.80 Å². The van der Waals surface area contributed by atoms with Gasteiger partial charge in [-0.25, -0.2) is 0 Å². The van der Waals surface area contributed by atoms with E-state index in [1.807, 2.05) is 0 Å². The largest absolute Gasteiger partial charge is 0.156 e. The van der Waals surface area contributed by atoms with Crippen LogP contribution >= 0.6 is 0 Å². The lowest BCUT2D eigenvalue weighted by Crippen LogP contribution is -2.52. The normalized spacial score (nSPS) is 12.0. The average Bonchev–Trinajstić information content (AvgIpc) is 2.97. The van der Waals surface area contributed by atoms with Crippen molar-refractivity contribution in [2.24, 2.45) is 0 Å². The van der Waals surface area contributed by atoms with E-state index >= 15 is 0 Å². The molecule has 0 fully saturated rings. The fourth-order valence-electron chi connectivity index (χ4n) is 6.28. The number of hydrogen-bond acceptors (Lipinski definition) is 0. The first-order valence-corrected chi connectivity index (χ1v) is 14.4. The average molecular weight is 484 g/mol. The Bertz CT molecular complexity index is 2070. The van der Waals surface area contributed by atoms with Gasteiger partial charge in [0.25, 0.3) is 0 Å². The molecule has 0 aliphatic carbocycles. The van der Waals surface area contributed by atoms with Crippen LogP contribution in [-0.2, 0) is 0 Å². The SMILES string of the molecule is c1ccc([Si](c2cc3ccccc3c3ccccc23)c2ccc3ccc4cccc5ccc2c3c45)cc1. The van der Waals surface area contributed by atoms with Gasteiger partial charge in [-0.2, -0.15) is 0 Å². The molecule has 0 aromatic heterocycles. The third-order valence-electron chi connectivity index (χ3n) is 7.90. The summed E-state index contributed by atoms with van der Waals surface area (Å²) in [4.78, 5) is 0. The quantitative estimate of drug-likeness (QED) is 0.139. The summed E-state index contributed by atoms with van der Waals surface area (Å²) in [7, 11) is -1.31. The molecule has 8 aromatic rings. The van der Waals surface area contributed by atoms with Gasteiger partial charge in [-0.3, -0.25) is 0 Å². The number of benzene rings is 8. The summed E-state index contributed by atoms with van der Waals surface area (Å²) < 4.78 is 0. The maximum absolute atomic E-state index is 2.47. The maximum atomic E-state index is 2.47. The monoisotopic (exact) mass is 483 g/mol. The van der Waals surface area contributed by atoms with E-state index in [1.54, 1.807) is 0 Å². The van der Waals surface area contributed by atoms with Gasteiger partial charge in [0.2, 0.25) is 0 Å². The van der Waals surface area contributed by atoms with E-state index in [1.165, 1.54) is 69.4 Å². The summed E-state index contributed by atoms with van der Waals surface area (Å²) in [6.07, 6.45) is 0. The third-order valence-corrected chi connectivity index (χ3v) is 10.7. The predicted molar refractivity (Wildman–Crippen MR) is 163 cm³/mol. The first kappa shape index (κ1) is 20.7. The van der Waals surface area contributed by atoms with Crippen LogP contribution in [0.5, 0.6) is 0 Å². The fourth-order valence-corrected chi connectivity index (χ4v) is 9.23. The topological polar surface area (TPSA) is 0 Å². The molecule has 0 bridgehead atoms. The zero-order valence-electron chi connectivity index (χ0n) is 20.3. The molecule has 1 heteroatoms. The molecule has 1 radical (unpaired) electrons. The molecule has 0 aliphatic heterocycles. The van der Waals surface area contributed by atoms with Gasteiger partial charge in [-0.05, 0) is 64.2 Å². The Balaban J connectivity index is 1.53. The van der Waals surface area contributed by atoms with Gasteiger partial charge in [0.15, 0.2) is 8.80 Å². The Labute approximate surface area is 217 Å². The smallest absolute Gasteiger partial charge is 0.0624 e. The lowest BCUT2D eigenvalue weighted by Gasteiger charge is -2.23. The highest BCUT2D eigenvalue weighted by atomic mass is 28.3. The van der Waals surface area contributed by atoms with Crippen molar-refractivity contribution in [3.05, 3.63) is 140 Å². The lowest BCUT2D eigenvalue weighted by molar-refractivity contribution is 1.74. The van der Waals surface area contributed by atoms with Gasteiger partial charge >= 0.3 is 0 Å². The molecule has 0 amide bonds. The number of rotatable bonds is 3. The van der Waals surface area contributed by atoms with E-state index < -0.39 is 8.80 Å². The minimum absolute atomic E-state index is 1.31. The molecule has 0 heterocycles. The summed E-state index contributed by atoms with van der Waals surface area (Å²) in [5.74, 6) is 0. The van der Waals surface area contributed by atoms with Crippen molar-refractivity contribution in [1.29, 1.82) is 0 Å². The second-order valence-corrected chi connectivity index (χ2v) is 12.3. The molecule has 0 unspecified atom stereocenters. The first-order valence-electron chi connectivity index (χ1n) is 12.9. The van der Waals surface area contributed by atoms with Crippen LogP contribution in [0.3, 0.4) is 0 Å². The zero-order chi connectivity index (χ0) is 24.3. The minimum Gasteiger partial charge on any atom is -0.0624 e. The zero-order valence-corrected chi connectivity index (χ0v) is 21.3. The molecule has 37 heavy (non-hydrogen) atoms. The first-order chi connectivity index (χ1) is 18.4. The van der Waals surface area contributed by atoms with E-state index in [4.69, 9.17) is 0 Å². The second kappa shape index (κ2) is 8.02. The Morgan fingerprint density at radius 2 is 0.919 bits per heavy atom. The Morgan fingerprint density at radius 3 is 1.73 bits per heavy atom. The minimum atomic E-state index is -1.31. The molecule has 8 aromatic carbocycles. The molecule has 0 N–H and O–H groups in total. The lowest BCUT2D eigenvalue weighted by atomic mass is 9.94. The van der Waals surface area contributed by atoms with Crippen LogP contribution in [0.4, 0.5) is 0 Å². The van der Waals surface area contributed by atoms with E-state index in [0.29, 0.717) is 0 Å². The summed E-state index contributed by atoms with van der Waals surface area (Å²) >= 11 is 0. The summed E-state index contributed by atoms with van der Waals surface area (Å²) in [6, 6.07) is 52.1. The van der Waals surface area contributed by atoms with Gasteiger partial charge in [-0.15, -0.1) is 0 Å². The van der Waals surface area contributed by atoms with Crippen molar-refractivity contribution in [2.45, 2.75) is 0 Å². The molecule has 0 spiro atoms. The van der Waals surface area contributed by atoms with Crippen molar-refractivity contribution in [2.75, 3.05) is 0 Å². The molecular weight excluding hydrogens is 460 g/mol. The van der Waals surface area contributed by atoms with E-state index in [2.05, 4.69) is 140 Å². The molecule has 0 saturated heterocycles. The Kier molecular flexibility index (Phi) is 4.49. The van der Waals surface area contributed by atoms with Crippen LogP contribution in [0.25, 0.3) is 53.9 Å². The Hall–Kier alpha value is -4.46. The maximum Gasteiger partial charge on any atom is 0.156 e. The third kappa shape index (κ3) is 3.08. The molecule has 171 valence electrons. The molecular formula is C36H23Si. The molecule has 0 aliphatic rings. The van der Waals surface area contributed by atoms with Crippen molar-refractivity contribution >= 4 is 78.2 Å². The highest BCUT2D eigenvalue weighted by Gasteiger charge is 2.25. The van der Waals surface area contributed by atoms with E-state index in [-0.39, 0.29) is 0 Å². The molecule has 0 nitrogen and oxygen atoms in total. The predicted octanol–water partition coefficient (Wildman–Crippen LogP) is 7.41. The standard InChI is InChI=1S/C36H23Si/c1-2-12-28(13-3-1)37(34-23-27-9-4-5-14-29(27)30-15-6-7-16-31(30)34)33-22-20-26-18-17-24-10-8-11-25-19-21-32(33)36(26)35(24)25/h1-23H. The van der Waals surface area contributed by atoms with Crippen LogP contribution in [0.2, 0.25) is 0 Å². The van der Waals surface area contributed by atoms with Gasteiger partial charge in [0, 0.05) is 0 Å². The Morgan fingerprint density at radius 1 is 0.324 bits per heavy atom. The van der Waals surface area contributed by atoms with Gasteiger partial charge < -0.3 is 0 Å². The van der Waals surface area contributed by atoms with Crippen LogP contribution in [0, 0.1) is 0 Å². The van der Waals surface area contributed by atoms with Crippen LogP contribution < -0.4 is 15.6 Å². The van der Waals surface area contributed by atoms with Crippen molar-refractivity contribution in [3.63, 3.8) is 0 Å². The number of hydrogen-bond donors (Lipinski definition) is 0. The van der Waals surface area contributed by atoms with Gasteiger partial charge in [0.05, 0.1) is 0 Å². The summed E-state index contributed by atoms with van der Waals surface area (Å²) in [6.45, 7) is 0. The highest BCUT2D eigenvalue weighted by Crippen LogP contribution is 2.34. The van der Waals surface area contributed by atoms with Crippen LogP contribution in [0.15, 0.2) is 140 Å².